The number of amides is 1. The number of thiophene rings is 1. The minimum atomic E-state index is -0.770. The van der Waals surface area contributed by atoms with Crippen molar-refractivity contribution in [3.63, 3.8) is 0 Å². The predicted molar refractivity (Wildman–Crippen MR) is 111 cm³/mol. The number of nitrogens with zero attached hydrogens (tertiary/aromatic N) is 3. The molecule has 0 radical (unpaired) electrons. The predicted octanol–water partition coefficient (Wildman–Crippen LogP) is 1.58. The SMILES string of the molecule is CCOC(=O)c1c(NC(=O)Cn2c(=O)c(C#N)c3n(c2=O)CCC3)sc(CC)c1C. The fraction of sp³-hybridized carbons (Fsp3) is 0.450. The summed E-state index contributed by atoms with van der Waals surface area (Å²) < 4.78 is 7.25. The molecule has 9 nitrogen and oxygen atoms in total. The third kappa shape index (κ3) is 3.68. The maximum absolute atomic E-state index is 12.7. The summed E-state index contributed by atoms with van der Waals surface area (Å²) in [5, 5.41) is 12.3. The van der Waals surface area contributed by atoms with Gasteiger partial charge in [-0.25, -0.2) is 14.2 Å². The van der Waals surface area contributed by atoms with E-state index in [9.17, 15) is 24.4 Å². The number of esters is 1. The van der Waals surface area contributed by atoms with Crippen molar-refractivity contribution in [1.29, 1.82) is 5.26 Å². The number of aryl methyl sites for hydroxylation is 1. The molecule has 0 atom stereocenters. The number of anilines is 1. The zero-order chi connectivity index (χ0) is 22.0. The molecule has 158 valence electrons. The van der Waals surface area contributed by atoms with Crippen molar-refractivity contribution in [2.75, 3.05) is 11.9 Å². The molecule has 30 heavy (non-hydrogen) atoms. The largest absolute Gasteiger partial charge is 0.462 e. The zero-order valence-electron chi connectivity index (χ0n) is 17.0. The second-order valence-electron chi connectivity index (χ2n) is 6.84. The molecule has 0 spiro atoms. The molecule has 1 aliphatic rings. The lowest BCUT2D eigenvalue weighted by Gasteiger charge is -2.11. The van der Waals surface area contributed by atoms with E-state index in [4.69, 9.17) is 4.74 Å². The molecule has 3 heterocycles. The Kier molecular flexibility index (Phi) is 6.22. The number of ether oxygens (including phenoxy) is 1. The summed E-state index contributed by atoms with van der Waals surface area (Å²) in [6.07, 6.45) is 1.82. The summed E-state index contributed by atoms with van der Waals surface area (Å²) in [5.74, 6) is -1.17. The molecule has 1 aliphatic heterocycles. The Morgan fingerprint density at radius 2 is 2.03 bits per heavy atom. The quantitative estimate of drug-likeness (QED) is 0.694. The van der Waals surface area contributed by atoms with E-state index in [0.29, 0.717) is 36.5 Å². The van der Waals surface area contributed by atoms with Crippen molar-refractivity contribution in [2.45, 2.75) is 53.1 Å². The van der Waals surface area contributed by atoms with Gasteiger partial charge in [0.1, 0.15) is 23.2 Å². The van der Waals surface area contributed by atoms with E-state index in [1.165, 1.54) is 15.9 Å². The molecule has 0 aliphatic carbocycles. The Labute approximate surface area is 176 Å². The van der Waals surface area contributed by atoms with Crippen LogP contribution in [0.5, 0.6) is 0 Å². The van der Waals surface area contributed by atoms with Crippen molar-refractivity contribution in [3.05, 3.63) is 48.1 Å². The van der Waals surface area contributed by atoms with Crippen molar-refractivity contribution >= 4 is 28.2 Å². The number of hydrogen-bond acceptors (Lipinski definition) is 7. The first-order chi connectivity index (χ1) is 14.3. The number of nitriles is 1. The Balaban J connectivity index is 1.95. The maximum Gasteiger partial charge on any atom is 0.341 e. The Morgan fingerprint density at radius 1 is 1.30 bits per heavy atom. The van der Waals surface area contributed by atoms with Crippen molar-refractivity contribution in [1.82, 2.24) is 9.13 Å². The molecular weight excluding hydrogens is 408 g/mol. The van der Waals surface area contributed by atoms with E-state index >= 15 is 0 Å². The van der Waals surface area contributed by atoms with Crippen LogP contribution in [0.1, 0.15) is 52.3 Å². The standard InChI is InChI=1S/C20H22N4O5S/c1-4-14-11(3)16(19(27)29-5-2)17(30-14)22-15(25)10-24-18(26)12(9-21)13-7-6-8-23(13)20(24)28/h4-8,10H2,1-3H3,(H,22,25). The van der Waals surface area contributed by atoms with Crippen LogP contribution in [0, 0.1) is 18.3 Å². The van der Waals surface area contributed by atoms with Gasteiger partial charge in [0.2, 0.25) is 5.91 Å². The Morgan fingerprint density at radius 3 is 2.67 bits per heavy atom. The topological polar surface area (TPSA) is 123 Å². The smallest absolute Gasteiger partial charge is 0.341 e. The molecule has 2 aromatic rings. The van der Waals surface area contributed by atoms with Gasteiger partial charge in [-0.2, -0.15) is 5.26 Å². The number of rotatable bonds is 6. The fourth-order valence-corrected chi connectivity index (χ4v) is 4.78. The molecule has 3 rings (SSSR count). The lowest BCUT2D eigenvalue weighted by Crippen LogP contribution is -2.44. The zero-order valence-corrected chi connectivity index (χ0v) is 17.9. The summed E-state index contributed by atoms with van der Waals surface area (Å²) in [4.78, 5) is 51.2. The third-order valence-electron chi connectivity index (χ3n) is 5.04. The highest BCUT2D eigenvalue weighted by Crippen LogP contribution is 2.34. The van der Waals surface area contributed by atoms with E-state index in [0.717, 1.165) is 15.0 Å². The van der Waals surface area contributed by atoms with Crippen LogP contribution in [0.25, 0.3) is 0 Å². The molecule has 0 aromatic carbocycles. The van der Waals surface area contributed by atoms with Gasteiger partial charge in [-0.05, 0) is 38.7 Å². The van der Waals surface area contributed by atoms with Crippen LogP contribution in [0.3, 0.4) is 0 Å². The summed E-state index contributed by atoms with van der Waals surface area (Å²) >= 11 is 1.26. The van der Waals surface area contributed by atoms with Gasteiger partial charge in [0.25, 0.3) is 5.56 Å². The van der Waals surface area contributed by atoms with Crippen molar-refractivity contribution in [2.24, 2.45) is 0 Å². The number of carbonyl (C=O) groups excluding carboxylic acids is 2. The first kappa shape index (κ1) is 21.5. The van der Waals surface area contributed by atoms with Gasteiger partial charge in [-0.1, -0.05) is 6.92 Å². The van der Waals surface area contributed by atoms with Gasteiger partial charge in [-0.15, -0.1) is 11.3 Å². The lowest BCUT2D eigenvalue weighted by molar-refractivity contribution is -0.116. The van der Waals surface area contributed by atoms with Crippen LogP contribution < -0.4 is 16.6 Å². The van der Waals surface area contributed by atoms with Crippen LogP contribution in [0.4, 0.5) is 5.00 Å². The summed E-state index contributed by atoms with van der Waals surface area (Å²) in [7, 11) is 0. The molecular formula is C20H22N4O5S. The summed E-state index contributed by atoms with van der Waals surface area (Å²) in [5.41, 5.74) is -0.0416. The molecule has 2 aromatic heterocycles. The highest BCUT2D eigenvalue weighted by Gasteiger charge is 2.26. The molecule has 1 amide bonds. The molecule has 0 saturated carbocycles. The molecule has 0 saturated heterocycles. The molecule has 0 unspecified atom stereocenters. The van der Waals surface area contributed by atoms with Crippen molar-refractivity contribution in [3.8, 4) is 6.07 Å². The minimum Gasteiger partial charge on any atom is -0.462 e. The van der Waals surface area contributed by atoms with Gasteiger partial charge in [0.05, 0.1) is 12.2 Å². The number of carbonyl (C=O) groups is 2. The Hall–Kier alpha value is -3.19. The van der Waals surface area contributed by atoms with Gasteiger partial charge < -0.3 is 10.1 Å². The molecule has 0 fully saturated rings. The first-order valence-corrected chi connectivity index (χ1v) is 10.5. The highest BCUT2D eigenvalue weighted by molar-refractivity contribution is 7.17. The van der Waals surface area contributed by atoms with Crippen LogP contribution in [-0.4, -0.2) is 27.6 Å². The number of fused-ring (bicyclic) bond motifs is 1. The van der Waals surface area contributed by atoms with E-state index in [-0.39, 0.29) is 17.7 Å². The highest BCUT2D eigenvalue weighted by atomic mass is 32.1. The van der Waals surface area contributed by atoms with E-state index in [1.54, 1.807) is 13.8 Å². The number of nitrogens with one attached hydrogen (secondary N) is 1. The second-order valence-corrected chi connectivity index (χ2v) is 7.94. The van der Waals surface area contributed by atoms with Crippen LogP contribution in [-0.2, 0) is 35.5 Å². The van der Waals surface area contributed by atoms with Gasteiger partial charge in [0.15, 0.2) is 0 Å². The monoisotopic (exact) mass is 430 g/mol. The van der Waals surface area contributed by atoms with Crippen LogP contribution >= 0.6 is 11.3 Å². The normalized spacial score (nSPS) is 12.3. The average Bonchev–Trinajstić information content (AvgIpc) is 3.30. The number of hydrogen-bond donors (Lipinski definition) is 1. The van der Waals surface area contributed by atoms with Gasteiger partial charge in [-0.3, -0.25) is 14.2 Å². The van der Waals surface area contributed by atoms with Gasteiger partial charge >= 0.3 is 11.7 Å². The maximum atomic E-state index is 12.7. The van der Waals surface area contributed by atoms with E-state index < -0.39 is 29.7 Å². The second kappa shape index (κ2) is 8.67. The molecule has 1 N–H and O–H groups in total. The Bertz CT molecular complexity index is 1180. The average molecular weight is 430 g/mol. The molecule has 0 bridgehead atoms. The van der Waals surface area contributed by atoms with E-state index in [1.807, 2.05) is 13.0 Å². The summed E-state index contributed by atoms with van der Waals surface area (Å²) in [6.45, 7) is 5.47. The number of aromatic nitrogens is 2. The van der Waals surface area contributed by atoms with Crippen molar-refractivity contribution < 1.29 is 14.3 Å². The fourth-order valence-electron chi connectivity index (χ4n) is 3.63. The van der Waals surface area contributed by atoms with E-state index in [2.05, 4.69) is 5.32 Å². The first-order valence-electron chi connectivity index (χ1n) is 9.69. The molecule has 10 heteroatoms. The van der Waals surface area contributed by atoms with Crippen LogP contribution in [0.2, 0.25) is 0 Å². The summed E-state index contributed by atoms with van der Waals surface area (Å²) in [6, 6.07) is 1.86. The minimum absolute atomic E-state index is 0.104. The third-order valence-corrected chi connectivity index (χ3v) is 6.39. The van der Waals surface area contributed by atoms with Crippen LogP contribution in [0.15, 0.2) is 9.59 Å². The van der Waals surface area contributed by atoms with Gasteiger partial charge in [0, 0.05) is 17.1 Å². The lowest BCUT2D eigenvalue weighted by atomic mass is 10.1.